The van der Waals surface area contributed by atoms with E-state index in [1.54, 1.807) is 0 Å². The minimum atomic E-state index is -0.590. The van der Waals surface area contributed by atoms with Gasteiger partial charge in [-0.1, -0.05) is 12.8 Å². The molecular weight excluding hydrogens is 272 g/mol. The summed E-state index contributed by atoms with van der Waals surface area (Å²) in [4.78, 5) is 0. The fraction of sp³-hybridized carbons (Fsp3) is 0.438. The van der Waals surface area contributed by atoms with Gasteiger partial charge in [0, 0.05) is 24.2 Å². The maximum absolute atomic E-state index is 13.7. The van der Waals surface area contributed by atoms with Crippen LogP contribution in [0.2, 0.25) is 0 Å². The molecule has 0 radical (unpaired) electrons. The van der Waals surface area contributed by atoms with Crippen LogP contribution in [0.5, 0.6) is 0 Å². The Labute approximate surface area is 122 Å². The van der Waals surface area contributed by atoms with Gasteiger partial charge in [-0.05, 0) is 37.1 Å². The zero-order chi connectivity index (χ0) is 14.8. The SMILES string of the molecule is NC(Cc1ccn(C2CCCC2)n1)c1cc(F)ccc1F. The summed E-state index contributed by atoms with van der Waals surface area (Å²) in [5.74, 6) is -0.947. The van der Waals surface area contributed by atoms with Crippen LogP contribution < -0.4 is 5.73 Å². The molecule has 0 saturated heterocycles. The Kier molecular flexibility index (Phi) is 4.01. The number of benzene rings is 1. The van der Waals surface area contributed by atoms with Gasteiger partial charge in [0.1, 0.15) is 11.6 Å². The lowest BCUT2D eigenvalue weighted by Gasteiger charge is -2.12. The molecule has 0 spiro atoms. The number of nitrogens with two attached hydrogens (primary N) is 1. The predicted octanol–water partition coefficient (Wildman–Crippen LogP) is 3.52. The molecule has 5 heteroatoms. The summed E-state index contributed by atoms with van der Waals surface area (Å²) in [6.45, 7) is 0. The molecule has 2 aromatic rings. The Hall–Kier alpha value is -1.75. The average molecular weight is 291 g/mol. The van der Waals surface area contributed by atoms with Gasteiger partial charge in [-0.25, -0.2) is 8.78 Å². The number of aromatic nitrogens is 2. The third-order valence-corrected chi connectivity index (χ3v) is 4.15. The largest absolute Gasteiger partial charge is 0.324 e. The number of hydrogen-bond acceptors (Lipinski definition) is 2. The van der Waals surface area contributed by atoms with Crippen molar-refractivity contribution in [3.05, 3.63) is 53.4 Å². The standard InChI is InChI=1S/C16H19F2N3/c17-11-5-6-15(18)14(9-11)16(19)10-12-7-8-21(20-12)13-3-1-2-4-13/h5-9,13,16H,1-4,10,19H2. The van der Waals surface area contributed by atoms with Crippen molar-refractivity contribution >= 4 is 0 Å². The Morgan fingerprint density at radius 3 is 2.76 bits per heavy atom. The molecule has 2 N–H and O–H groups in total. The highest BCUT2D eigenvalue weighted by Crippen LogP contribution is 2.29. The van der Waals surface area contributed by atoms with Gasteiger partial charge in [0.2, 0.25) is 0 Å². The molecule has 1 atom stereocenters. The maximum Gasteiger partial charge on any atom is 0.128 e. The second kappa shape index (κ2) is 5.93. The predicted molar refractivity (Wildman–Crippen MR) is 76.7 cm³/mol. The molecule has 1 fully saturated rings. The van der Waals surface area contributed by atoms with Crippen LogP contribution in [-0.2, 0) is 6.42 Å². The minimum Gasteiger partial charge on any atom is -0.324 e. The first-order valence-corrected chi connectivity index (χ1v) is 7.38. The van der Waals surface area contributed by atoms with E-state index in [1.165, 1.54) is 12.8 Å². The third-order valence-electron chi connectivity index (χ3n) is 4.15. The topological polar surface area (TPSA) is 43.8 Å². The molecule has 112 valence electrons. The Morgan fingerprint density at radius 2 is 2.00 bits per heavy atom. The lowest BCUT2D eigenvalue weighted by atomic mass is 10.0. The number of halogens is 2. The number of nitrogens with zero attached hydrogens (tertiary/aromatic N) is 2. The number of hydrogen-bond donors (Lipinski definition) is 1. The van der Waals surface area contributed by atoms with Crippen LogP contribution in [0.25, 0.3) is 0 Å². The quantitative estimate of drug-likeness (QED) is 0.936. The summed E-state index contributed by atoms with van der Waals surface area (Å²) >= 11 is 0. The van der Waals surface area contributed by atoms with Crippen LogP contribution in [0.15, 0.2) is 30.5 Å². The van der Waals surface area contributed by atoms with Crippen molar-refractivity contribution in [1.29, 1.82) is 0 Å². The van der Waals surface area contributed by atoms with Crippen molar-refractivity contribution in [2.75, 3.05) is 0 Å². The zero-order valence-corrected chi connectivity index (χ0v) is 11.8. The van der Waals surface area contributed by atoms with Crippen molar-refractivity contribution in [3.63, 3.8) is 0 Å². The van der Waals surface area contributed by atoms with Crippen molar-refractivity contribution in [2.24, 2.45) is 5.73 Å². The van der Waals surface area contributed by atoms with Crippen molar-refractivity contribution < 1.29 is 8.78 Å². The minimum absolute atomic E-state index is 0.199. The molecule has 1 aromatic heterocycles. The van der Waals surface area contributed by atoms with Crippen LogP contribution in [0.4, 0.5) is 8.78 Å². The van der Waals surface area contributed by atoms with Crippen molar-refractivity contribution in [3.8, 4) is 0 Å². The molecule has 1 heterocycles. The normalized spacial score (nSPS) is 17.3. The molecule has 1 aromatic carbocycles. The monoisotopic (exact) mass is 291 g/mol. The van der Waals surface area contributed by atoms with Gasteiger partial charge in [0.25, 0.3) is 0 Å². The van der Waals surface area contributed by atoms with Gasteiger partial charge in [0.15, 0.2) is 0 Å². The highest BCUT2D eigenvalue weighted by Gasteiger charge is 2.19. The van der Waals surface area contributed by atoms with Crippen LogP contribution in [0, 0.1) is 11.6 Å². The fourth-order valence-corrected chi connectivity index (χ4v) is 2.99. The molecule has 3 nitrogen and oxygen atoms in total. The zero-order valence-electron chi connectivity index (χ0n) is 11.8. The van der Waals surface area contributed by atoms with Crippen LogP contribution in [0.1, 0.15) is 49.0 Å². The lowest BCUT2D eigenvalue weighted by Crippen LogP contribution is -2.16. The molecule has 1 aliphatic rings. The highest BCUT2D eigenvalue weighted by molar-refractivity contribution is 5.23. The van der Waals surface area contributed by atoms with Gasteiger partial charge >= 0.3 is 0 Å². The smallest absolute Gasteiger partial charge is 0.128 e. The van der Waals surface area contributed by atoms with Gasteiger partial charge < -0.3 is 5.73 Å². The molecule has 0 amide bonds. The number of rotatable bonds is 4. The molecule has 1 aliphatic carbocycles. The van der Waals surface area contributed by atoms with E-state index in [0.717, 1.165) is 36.7 Å². The third kappa shape index (κ3) is 3.13. The first kappa shape index (κ1) is 14.2. The summed E-state index contributed by atoms with van der Waals surface area (Å²) in [6.07, 6.45) is 7.17. The average Bonchev–Trinajstić information content (AvgIpc) is 3.11. The first-order valence-electron chi connectivity index (χ1n) is 7.38. The van der Waals surface area contributed by atoms with Gasteiger partial charge in [0.05, 0.1) is 11.7 Å². The van der Waals surface area contributed by atoms with E-state index in [4.69, 9.17) is 5.73 Å². The maximum atomic E-state index is 13.7. The van der Waals surface area contributed by atoms with E-state index in [-0.39, 0.29) is 5.56 Å². The van der Waals surface area contributed by atoms with E-state index in [2.05, 4.69) is 5.10 Å². The molecule has 1 unspecified atom stereocenters. The second-order valence-corrected chi connectivity index (χ2v) is 5.70. The summed E-state index contributed by atoms with van der Waals surface area (Å²) in [7, 11) is 0. The van der Waals surface area contributed by atoms with E-state index in [9.17, 15) is 8.78 Å². The summed E-state index contributed by atoms with van der Waals surface area (Å²) < 4.78 is 28.9. The fourth-order valence-electron chi connectivity index (χ4n) is 2.99. The Balaban J connectivity index is 1.72. The molecule has 0 bridgehead atoms. The van der Waals surface area contributed by atoms with E-state index >= 15 is 0 Å². The second-order valence-electron chi connectivity index (χ2n) is 5.70. The highest BCUT2D eigenvalue weighted by atomic mass is 19.1. The van der Waals surface area contributed by atoms with E-state index < -0.39 is 17.7 Å². The molecule has 21 heavy (non-hydrogen) atoms. The summed E-state index contributed by atoms with van der Waals surface area (Å²) in [5.41, 5.74) is 7.02. The molecule has 3 rings (SSSR count). The van der Waals surface area contributed by atoms with E-state index in [0.29, 0.717) is 12.5 Å². The van der Waals surface area contributed by atoms with Gasteiger partial charge in [-0.2, -0.15) is 5.10 Å². The van der Waals surface area contributed by atoms with Crippen LogP contribution >= 0.6 is 0 Å². The molecular formula is C16H19F2N3. The summed E-state index contributed by atoms with van der Waals surface area (Å²) in [5, 5.41) is 4.53. The van der Waals surface area contributed by atoms with Gasteiger partial charge in [-0.15, -0.1) is 0 Å². The van der Waals surface area contributed by atoms with Crippen LogP contribution in [-0.4, -0.2) is 9.78 Å². The summed E-state index contributed by atoms with van der Waals surface area (Å²) in [6, 6.07) is 5.17. The van der Waals surface area contributed by atoms with Gasteiger partial charge in [-0.3, -0.25) is 4.68 Å². The lowest BCUT2D eigenvalue weighted by molar-refractivity contribution is 0.460. The molecule has 0 aliphatic heterocycles. The van der Waals surface area contributed by atoms with Crippen molar-refractivity contribution in [1.82, 2.24) is 9.78 Å². The first-order chi connectivity index (χ1) is 10.1. The Morgan fingerprint density at radius 1 is 1.24 bits per heavy atom. The Bertz CT molecular complexity index is 618. The van der Waals surface area contributed by atoms with E-state index in [1.807, 2.05) is 16.9 Å². The molecule has 1 saturated carbocycles. The van der Waals surface area contributed by atoms with Crippen LogP contribution in [0.3, 0.4) is 0 Å². The van der Waals surface area contributed by atoms with Crippen molar-refractivity contribution in [2.45, 2.75) is 44.2 Å².